The molecule has 0 unspecified atom stereocenters. The fourth-order valence-electron chi connectivity index (χ4n) is 13.9. The van der Waals surface area contributed by atoms with Crippen molar-refractivity contribution in [3.8, 4) is 33.4 Å². The van der Waals surface area contributed by atoms with E-state index < -0.39 is 6.85 Å². The van der Waals surface area contributed by atoms with Crippen molar-refractivity contribution in [3.05, 3.63) is 269 Å². The minimum Gasteiger partial charge on any atom is -0.311 e. The second-order valence-electron chi connectivity index (χ2n) is 27.1. The number of anilines is 6. The van der Waals surface area contributed by atoms with Crippen LogP contribution in [-0.4, -0.2) is 6.71 Å². The summed E-state index contributed by atoms with van der Waals surface area (Å²) in [6.45, 7) is 23.1. The summed E-state index contributed by atoms with van der Waals surface area (Å²) in [5.41, 5.74) is 24.0. The zero-order chi connectivity index (χ0) is 59.6. The SMILES string of the molecule is [2H]C([2H])([2H])c1cc2c3c(c1)N(c1ccc(C(C)(C)C)cc1-c1cc(-c4ccccc4)cc(-c4ccccc4)c1)c1cc4c(cc1B3c1ccc(C(C)(C)c3ccccc3)cc1N2c1cccc(C(C)(C)c2ccccc2)c1)C(C)(C)CCC4(C)C. The average molecular weight is 1070 g/mol. The van der Waals surface area contributed by atoms with E-state index in [1.807, 2.05) is 12.1 Å². The highest BCUT2D eigenvalue weighted by atomic mass is 15.2. The summed E-state index contributed by atoms with van der Waals surface area (Å²) >= 11 is 0. The third kappa shape index (κ3) is 8.94. The van der Waals surface area contributed by atoms with E-state index in [0.29, 0.717) is 5.56 Å². The number of rotatable bonds is 9. The Morgan fingerprint density at radius 1 is 0.378 bits per heavy atom. The van der Waals surface area contributed by atoms with Gasteiger partial charge in [0.15, 0.2) is 0 Å². The van der Waals surface area contributed by atoms with Crippen LogP contribution in [0.2, 0.25) is 0 Å². The molecule has 0 amide bonds. The zero-order valence-electron chi connectivity index (χ0n) is 52.7. The van der Waals surface area contributed by atoms with E-state index in [-0.39, 0.29) is 33.8 Å². The highest BCUT2D eigenvalue weighted by Crippen LogP contribution is 2.53. The van der Waals surface area contributed by atoms with Gasteiger partial charge < -0.3 is 9.80 Å². The molecular weight excluding hydrogens is 988 g/mol. The minimum atomic E-state index is -2.46. The van der Waals surface area contributed by atoms with Gasteiger partial charge in [-0.15, -0.1) is 0 Å². The van der Waals surface area contributed by atoms with Crippen LogP contribution in [-0.2, 0) is 27.1 Å². The first-order chi connectivity index (χ1) is 40.4. The van der Waals surface area contributed by atoms with E-state index in [1.165, 1.54) is 49.9 Å². The Hall–Kier alpha value is -8.14. The van der Waals surface area contributed by atoms with Crippen LogP contribution in [0, 0.1) is 6.85 Å². The smallest absolute Gasteiger partial charge is 0.252 e. The minimum absolute atomic E-state index is 0.0940. The van der Waals surface area contributed by atoms with E-state index in [2.05, 4.69) is 298 Å². The zero-order valence-corrected chi connectivity index (χ0v) is 49.7. The van der Waals surface area contributed by atoms with Gasteiger partial charge in [0.05, 0.1) is 5.69 Å². The second-order valence-corrected chi connectivity index (χ2v) is 27.1. The molecule has 0 atom stereocenters. The van der Waals surface area contributed by atoms with Crippen LogP contribution in [0.5, 0.6) is 0 Å². The molecule has 3 aliphatic rings. The predicted molar refractivity (Wildman–Crippen MR) is 353 cm³/mol. The average Bonchev–Trinajstić information content (AvgIpc) is 0.727. The molecule has 0 radical (unpaired) electrons. The van der Waals surface area contributed by atoms with Gasteiger partial charge in [0.1, 0.15) is 0 Å². The van der Waals surface area contributed by atoms with Crippen molar-refractivity contribution in [2.45, 2.75) is 123 Å². The molecule has 13 rings (SSSR count). The van der Waals surface area contributed by atoms with Gasteiger partial charge in [-0.1, -0.05) is 234 Å². The second kappa shape index (κ2) is 19.5. The van der Waals surface area contributed by atoms with Gasteiger partial charge in [0.2, 0.25) is 0 Å². The molecule has 0 spiro atoms. The van der Waals surface area contributed by atoms with Crippen LogP contribution >= 0.6 is 0 Å². The molecule has 2 aliphatic heterocycles. The monoisotopic (exact) mass is 1070 g/mol. The first kappa shape index (κ1) is 49.7. The third-order valence-corrected chi connectivity index (χ3v) is 19.1. The molecule has 2 nitrogen and oxygen atoms in total. The molecule has 0 aromatic heterocycles. The number of fused-ring (bicyclic) bond motifs is 5. The summed E-state index contributed by atoms with van der Waals surface area (Å²) in [6, 6.07) is 82.5. The van der Waals surface area contributed by atoms with Crippen molar-refractivity contribution in [2.24, 2.45) is 0 Å². The van der Waals surface area contributed by atoms with Crippen molar-refractivity contribution in [2.75, 3.05) is 9.80 Å². The molecule has 0 fully saturated rings. The topological polar surface area (TPSA) is 6.48 Å². The lowest BCUT2D eigenvalue weighted by atomic mass is 9.33. The first-order valence-corrected chi connectivity index (χ1v) is 29.6. The summed E-state index contributed by atoms with van der Waals surface area (Å²) in [7, 11) is 0. The third-order valence-electron chi connectivity index (χ3n) is 19.1. The van der Waals surface area contributed by atoms with Crippen LogP contribution in [0.3, 0.4) is 0 Å². The van der Waals surface area contributed by atoms with E-state index in [1.54, 1.807) is 0 Å². The van der Waals surface area contributed by atoms with Crippen LogP contribution in [0.1, 0.15) is 138 Å². The maximum absolute atomic E-state index is 9.48. The van der Waals surface area contributed by atoms with E-state index >= 15 is 0 Å². The predicted octanol–water partition coefficient (Wildman–Crippen LogP) is 19.4. The fraction of sp³-hybridized carbons (Fsp3) is 0.241. The Balaban J connectivity index is 1.16. The quantitative estimate of drug-likeness (QED) is 0.133. The van der Waals surface area contributed by atoms with Crippen molar-refractivity contribution < 1.29 is 4.11 Å². The molecular formula is C79H77BN2. The lowest BCUT2D eigenvalue weighted by Crippen LogP contribution is -2.62. The Morgan fingerprint density at radius 3 is 1.43 bits per heavy atom. The van der Waals surface area contributed by atoms with Crippen LogP contribution in [0.25, 0.3) is 33.4 Å². The molecule has 82 heavy (non-hydrogen) atoms. The normalized spacial score (nSPS) is 15.8. The van der Waals surface area contributed by atoms with Crippen molar-refractivity contribution in [3.63, 3.8) is 0 Å². The van der Waals surface area contributed by atoms with E-state index in [9.17, 15) is 4.11 Å². The molecule has 0 N–H and O–H groups in total. The van der Waals surface area contributed by atoms with E-state index in [0.717, 1.165) is 85.8 Å². The van der Waals surface area contributed by atoms with Gasteiger partial charge in [-0.25, -0.2) is 0 Å². The van der Waals surface area contributed by atoms with Crippen molar-refractivity contribution in [1.82, 2.24) is 0 Å². The Kier molecular flexibility index (Phi) is 11.8. The summed E-state index contributed by atoms with van der Waals surface area (Å²) in [5, 5.41) is 0. The molecule has 2 heterocycles. The molecule has 1 aliphatic carbocycles. The molecule has 10 aromatic rings. The Bertz CT molecular complexity index is 4150. The number of hydrogen-bond acceptors (Lipinski definition) is 2. The lowest BCUT2D eigenvalue weighted by Gasteiger charge is -2.48. The number of benzene rings is 10. The van der Waals surface area contributed by atoms with Gasteiger partial charge in [-0.3, -0.25) is 0 Å². The molecule has 406 valence electrons. The Morgan fingerprint density at radius 2 is 0.866 bits per heavy atom. The Labute approximate surface area is 493 Å². The highest BCUT2D eigenvalue weighted by molar-refractivity contribution is 7.00. The van der Waals surface area contributed by atoms with Gasteiger partial charge in [0, 0.05) is 48.9 Å². The molecule has 3 heteroatoms. The van der Waals surface area contributed by atoms with Crippen molar-refractivity contribution in [1.29, 1.82) is 0 Å². The largest absolute Gasteiger partial charge is 0.311 e. The molecule has 0 bridgehead atoms. The molecule has 10 aromatic carbocycles. The number of hydrogen-bond donors (Lipinski definition) is 0. The van der Waals surface area contributed by atoms with Crippen molar-refractivity contribution >= 4 is 57.2 Å². The van der Waals surface area contributed by atoms with E-state index in [4.69, 9.17) is 0 Å². The summed E-state index contributed by atoms with van der Waals surface area (Å²) in [6.07, 6.45) is 2.12. The highest BCUT2D eigenvalue weighted by Gasteiger charge is 2.47. The van der Waals surface area contributed by atoms with Crippen LogP contribution in [0.4, 0.5) is 34.1 Å². The summed E-state index contributed by atoms with van der Waals surface area (Å²) in [4.78, 5) is 4.91. The van der Waals surface area contributed by atoms with Crippen LogP contribution in [0.15, 0.2) is 224 Å². The molecule has 0 saturated heterocycles. The first-order valence-electron chi connectivity index (χ1n) is 31.1. The lowest BCUT2D eigenvalue weighted by molar-refractivity contribution is 0.332. The summed E-state index contributed by atoms with van der Waals surface area (Å²) in [5.74, 6) is 0. The van der Waals surface area contributed by atoms with Gasteiger partial charge in [0.25, 0.3) is 6.71 Å². The molecule has 0 saturated carbocycles. The maximum Gasteiger partial charge on any atom is 0.252 e. The summed E-state index contributed by atoms with van der Waals surface area (Å²) < 4.78 is 28.5. The number of nitrogens with zero attached hydrogens (tertiary/aromatic N) is 2. The van der Waals surface area contributed by atoms with Gasteiger partial charge in [-0.05, 0) is 191 Å². The van der Waals surface area contributed by atoms with Crippen LogP contribution < -0.4 is 26.2 Å². The number of aryl methyl sites for hydroxylation is 1. The fourth-order valence-corrected chi connectivity index (χ4v) is 13.9. The van der Waals surface area contributed by atoms with Gasteiger partial charge >= 0.3 is 0 Å². The maximum atomic E-state index is 9.48. The standard InChI is InChI=1S/C79H77BN2/c1-52-42-72-74-73(43-52)82(69-39-37-60(75(2,3)4)48-64(69)57-45-55(53-26-17-13-18-27-53)44-56(46-57)54-28-19-14-20-29-54)71-51-66-65(76(5,6)40-41-77(66,7)8)50-68(71)80(74)67-38-36-62(79(11,12)59-32-23-16-24-33-59)49-70(67)81(72)63-35-25-34-61(47-63)78(9,10)58-30-21-15-22-31-58/h13-39,42-51H,40-41H2,1-12H3/i1D3. The van der Waals surface area contributed by atoms with Gasteiger partial charge in [-0.2, -0.15) is 0 Å².